The van der Waals surface area contributed by atoms with Gasteiger partial charge in [0.25, 0.3) is 0 Å². The van der Waals surface area contributed by atoms with E-state index in [1.807, 2.05) is 41.8 Å². The predicted octanol–water partition coefficient (Wildman–Crippen LogP) is 3.88. The minimum absolute atomic E-state index is 0.248. The molecule has 0 bridgehead atoms. The number of anilines is 1. The monoisotopic (exact) mass is 414 g/mol. The van der Waals surface area contributed by atoms with Gasteiger partial charge in [-0.3, -0.25) is 10.1 Å². The number of carbonyl (C=O) groups is 1. The molecule has 2 N–H and O–H groups in total. The van der Waals surface area contributed by atoms with Crippen LogP contribution >= 0.6 is 46.1 Å². The Hall–Kier alpha value is -1.25. The third-order valence-corrected chi connectivity index (χ3v) is 4.28. The second-order valence-electron chi connectivity index (χ2n) is 3.77. The summed E-state index contributed by atoms with van der Waals surface area (Å²) < 4.78 is 1.04. The average Bonchev–Trinajstić information content (AvgIpc) is 2.92. The van der Waals surface area contributed by atoms with E-state index in [1.165, 1.54) is 6.08 Å². The topological polar surface area (TPSA) is 41.1 Å². The van der Waals surface area contributed by atoms with E-state index in [1.54, 1.807) is 17.4 Å². The molecule has 0 aliphatic rings. The maximum atomic E-state index is 11.7. The Morgan fingerprint density at radius 1 is 1.25 bits per heavy atom. The van der Waals surface area contributed by atoms with Gasteiger partial charge in [-0.25, -0.2) is 0 Å². The minimum Gasteiger partial charge on any atom is -0.332 e. The summed E-state index contributed by atoms with van der Waals surface area (Å²) in [6, 6.07) is 11.6. The summed E-state index contributed by atoms with van der Waals surface area (Å²) in [5.41, 5.74) is 0.876. The van der Waals surface area contributed by atoms with Gasteiger partial charge in [0.05, 0.1) is 5.69 Å². The van der Waals surface area contributed by atoms with Crippen LogP contribution < -0.4 is 10.6 Å². The van der Waals surface area contributed by atoms with Crippen LogP contribution in [0.25, 0.3) is 6.08 Å². The van der Waals surface area contributed by atoms with Crippen LogP contribution in [0.4, 0.5) is 5.69 Å². The highest BCUT2D eigenvalue weighted by Crippen LogP contribution is 2.16. The van der Waals surface area contributed by atoms with Gasteiger partial charge in [-0.05, 0) is 64.5 Å². The molecule has 0 atom stereocenters. The van der Waals surface area contributed by atoms with E-state index in [-0.39, 0.29) is 11.0 Å². The van der Waals surface area contributed by atoms with Crippen molar-refractivity contribution in [2.45, 2.75) is 0 Å². The third-order valence-electron chi connectivity index (χ3n) is 2.30. The number of benzene rings is 1. The van der Waals surface area contributed by atoms with Crippen molar-refractivity contribution in [1.82, 2.24) is 5.32 Å². The van der Waals surface area contributed by atoms with Crippen molar-refractivity contribution in [2.75, 3.05) is 5.32 Å². The van der Waals surface area contributed by atoms with E-state index >= 15 is 0 Å². The SMILES string of the molecule is O=C(C=Cc1cccs1)NC(=S)Nc1ccccc1I. The van der Waals surface area contributed by atoms with Crippen molar-refractivity contribution in [2.24, 2.45) is 0 Å². The largest absolute Gasteiger partial charge is 0.332 e. The van der Waals surface area contributed by atoms with Gasteiger partial charge < -0.3 is 5.32 Å². The quantitative estimate of drug-likeness (QED) is 0.455. The number of rotatable bonds is 3. The van der Waals surface area contributed by atoms with Gasteiger partial charge in [-0.2, -0.15) is 0 Å². The van der Waals surface area contributed by atoms with Gasteiger partial charge in [-0.1, -0.05) is 18.2 Å². The second kappa shape index (κ2) is 7.51. The number of thiocarbonyl (C=S) groups is 1. The molecule has 1 amide bonds. The van der Waals surface area contributed by atoms with Crippen LogP contribution in [0.15, 0.2) is 47.9 Å². The molecule has 0 unspecified atom stereocenters. The van der Waals surface area contributed by atoms with Gasteiger partial charge >= 0.3 is 0 Å². The number of hydrogen-bond acceptors (Lipinski definition) is 3. The molecule has 20 heavy (non-hydrogen) atoms. The molecule has 1 aromatic carbocycles. The fraction of sp³-hybridized carbons (Fsp3) is 0. The number of nitrogens with one attached hydrogen (secondary N) is 2. The van der Waals surface area contributed by atoms with E-state index in [9.17, 15) is 4.79 Å². The van der Waals surface area contributed by atoms with Crippen LogP contribution in [0.1, 0.15) is 4.88 Å². The Labute approximate surface area is 140 Å². The van der Waals surface area contributed by atoms with E-state index in [0.717, 1.165) is 14.1 Å². The molecular weight excluding hydrogens is 403 g/mol. The highest BCUT2D eigenvalue weighted by Gasteiger charge is 2.03. The van der Waals surface area contributed by atoms with Gasteiger partial charge in [0.1, 0.15) is 0 Å². The summed E-state index contributed by atoms with van der Waals surface area (Å²) in [7, 11) is 0. The van der Waals surface area contributed by atoms with Gasteiger partial charge in [-0.15, -0.1) is 11.3 Å². The number of amides is 1. The van der Waals surface area contributed by atoms with Gasteiger partial charge in [0.2, 0.25) is 5.91 Å². The van der Waals surface area contributed by atoms with Crippen LogP contribution in [0.2, 0.25) is 0 Å². The van der Waals surface area contributed by atoms with Crippen molar-refractivity contribution in [1.29, 1.82) is 0 Å². The lowest BCUT2D eigenvalue weighted by molar-refractivity contribution is -0.115. The summed E-state index contributed by atoms with van der Waals surface area (Å²) in [5.74, 6) is -0.248. The predicted molar refractivity (Wildman–Crippen MR) is 96.9 cm³/mol. The van der Waals surface area contributed by atoms with Crippen molar-refractivity contribution < 1.29 is 4.79 Å². The highest BCUT2D eigenvalue weighted by molar-refractivity contribution is 14.1. The first-order chi connectivity index (χ1) is 9.65. The molecule has 102 valence electrons. The molecule has 6 heteroatoms. The lowest BCUT2D eigenvalue weighted by atomic mass is 10.3. The summed E-state index contributed by atoms with van der Waals surface area (Å²) in [6.07, 6.45) is 3.23. The third kappa shape index (κ3) is 4.69. The van der Waals surface area contributed by atoms with E-state index in [4.69, 9.17) is 12.2 Å². The molecule has 3 nitrogen and oxygen atoms in total. The minimum atomic E-state index is -0.248. The Morgan fingerprint density at radius 2 is 2.05 bits per heavy atom. The first-order valence-corrected chi connectivity index (χ1v) is 8.10. The molecule has 0 spiro atoms. The zero-order valence-corrected chi connectivity index (χ0v) is 14.1. The van der Waals surface area contributed by atoms with E-state index in [0.29, 0.717) is 0 Å². The molecule has 0 aliphatic carbocycles. The fourth-order valence-electron chi connectivity index (χ4n) is 1.41. The molecule has 0 aliphatic heterocycles. The van der Waals surface area contributed by atoms with Crippen LogP contribution in [-0.4, -0.2) is 11.0 Å². The Kier molecular flexibility index (Phi) is 5.69. The summed E-state index contributed by atoms with van der Waals surface area (Å²) >= 11 is 8.88. The first-order valence-electron chi connectivity index (χ1n) is 5.73. The molecule has 2 aromatic rings. The Bertz CT molecular complexity index is 638. The average molecular weight is 414 g/mol. The Balaban J connectivity index is 1.88. The summed E-state index contributed by atoms with van der Waals surface area (Å²) in [5, 5.41) is 7.86. The van der Waals surface area contributed by atoms with Crippen LogP contribution in [0, 0.1) is 3.57 Å². The normalized spacial score (nSPS) is 10.4. The van der Waals surface area contributed by atoms with Crippen molar-refractivity contribution in [3.05, 3.63) is 56.3 Å². The molecule has 1 aromatic heterocycles. The van der Waals surface area contributed by atoms with Gasteiger partial charge in [0, 0.05) is 14.5 Å². The molecule has 2 rings (SSSR count). The van der Waals surface area contributed by atoms with Crippen LogP contribution in [-0.2, 0) is 4.79 Å². The van der Waals surface area contributed by atoms with Gasteiger partial charge in [0.15, 0.2) is 5.11 Å². The number of carbonyl (C=O) groups excluding carboxylic acids is 1. The maximum absolute atomic E-state index is 11.7. The molecular formula is C14H11IN2OS2. The lowest BCUT2D eigenvalue weighted by Gasteiger charge is -2.09. The zero-order valence-electron chi connectivity index (χ0n) is 10.3. The standard InChI is InChI=1S/C14H11IN2OS2/c15-11-5-1-2-6-12(11)16-14(19)17-13(18)8-7-10-4-3-9-20-10/h1-9H,(H2,16,17,18,19). The van der Waals surface area contributed by atoms with Crippen LogP contribution in [0.5, 0.6) is 0 Å². The van der Waals surface area contributed by atoms with E-state index in [2.05, 4.69) is 33.2 Å². The number of halogens is 1. The molecule has 0 saturated carbocycles. The summed E-state index contributed by atoms with van der Waals surface area (Å²) in [6.45, 7) is 0. The lowest BCUT2D eigenvalue weighted by Crippen LogP contribution is -2.33. The van der Waals surface area contributed by atoms with E-state index < -0.39 is 0 Å². The molecule has 0 fully saturated rings. The van der Waals surface area contributed by atoms with Crippen molar-refractivity contribution >= 4 is 68.9 Å². The smallest absolute Gasteiger partial charge is 0.250 e. The molecule has 0 saturated heterocycles. The first kappa shape index (κ1) is 15.1. The molecule has 0 radical (unpaired) electrons. The highest BCUT2D eigenvalue weighted by atomic mass is 127. The van der Waals surface area contributed by atoms with Crippen LogP contribution in [0.3, 0.4) is 0 Å². The zero-order chi connectivity index (χ0) is 14.4. The number of thiophene rings is 1. The Morgan fingerprint density at radius 3 is 2.75 bits per heavy atom. The molecule has 1 heterocycles. The fourth-order valence-corrected chi connectivity index (χ4v) is 2.76. The number of hydrogen-bond donors (Lipinski definition) is 2. The second-order valence-corrected chi connectivity index (χ2v) is 6.32. The van der Waals surface area contributed by atoms with Crippen molar-refractivity contribution in [3.63, 3.8) is 0 Å². The van der Waals surface area contributed by atoms with Crippen molar-refractivity contribution in [3.8, 4) is 0 Å². The summed E-state index contributed by atoms with van der Waals surface area (Å²) in [4.78, 5) is 12.7. The maximum Gasteiger partial charge on any atom is 0.250 e. The number of para-hydroxylation sites is 1.